The summed E-state index contributed by atoms with van der Waals surface area (Å²) in [7, 11) is 0. The van der Waals surface area contributed by atoms with Crippen molar-refractivity contribution >= 4 is 22.8 Å². The standard InChI is InChI=1S/C18H21N5S/c1-3-23-16-7-5-4-6-15(16)20-17(23)12-22-9-8-14-13(11-22)10-19-18(21-14)24-2/h4-7,10H,3,8-9,11-12H2,1-2H3. The molecule has 1 aliphatic heterocycles. The molecule has 3 aromatic rings. The third kappa shape index (κ3) is 2.80. The van der Waals surface area contributed by atoms with E-state index in [9.17, 15) is 0 Å². The normalized spacial score (nSPS) is 14.9. The molecule has 124 valence electrons. The quantitative estimate of drug-likeness (QED) is 0.540. The molecule has 3 heterocycles. The molecule has 0 saturated heterocycles. The molecular weight excluding hydrogens is 318 g/mol. The fraction of sp³-hybridized carbons (Fsp3) is 0.389. The summed E-state index contributed by atoms with van der Waals surface area (Å²) in [5.74, 6) is 1.14. The van der Waals surface area contributed by atoms with Crippen molar-refractivity contribution in [1.29, 1.82) is 0 Å². The number of hydrogen-bond donors (Lipinski definition) is 0. The molecule has 0 unspecified atom stereocenters. The van der Waals surface area contributed by atoms with Gasteiger partial charge in [0.25, 0.3) is 0 Å². The van der Waals surface area contributed by atoms with Gasteiger partial charge in [0.05, 0.1) is 23.3 Å². The van der Waals surface area contributed by atoms with Crippen molar-refractivity contribution in [2.24, 2.45) is 0 Å². The fourth-order valence-corrected chi connectivity index (χ4v) is 3.75. The molecule has 0 bridgehead atoms. The number of fused-ring (bicyclic) bond motifs is 2. The van der Waals surface area contributed by atoms with Crippen LogP contribution in [0.4, 0.5) is 0 Å². The SMILES string of the molecule is CCn1c(CN2CCc3nc(SC)ncc3C2)nc2ccccc21. The van der Waals surface area contributed by atoms with Crippen LogP contribution < -0.4 is 0 Å². The van der Waals surface area contributed by atoms with Crippen molar-refractivity contribution in [3.63, 3.8) is 0 Å². The predicted molar refractivity (Wildman–Crippen MR) is 97.0 cm³/mol. The van der Waals surface area contributed by atoms with Gasteiger partial charge in [0, 0.05) is 37.8 Å². The molecule has 0 radical (unpaired) electrons. The maximum absolute atomic E-state index is 4.85. The second kappa shape index (κ2) is 6.53. The second-order valence-corrected chi connectivity index (χ2v) is 6.82. The van der Waals surface area contributed by atoms with Crippen LogP contribution in [0.5, 0.6) is 0 Å². The lowest BCUT2D eigenvalue weighted by Gasteiger charge is -2.27. The molecule has 0 aliphatic carbocycles. The van der Waals surface area contributed by atoms with Gasteiger partial charge in [0.2, 0.25) is 0 Å². The van der Waals surface area contributed by atoms with Gasteiger partial charge in [-0.05, 0) is 25.3 Å². The van der Waals surface area contributed by atoms with Crippen molar-refractivity contribution in [2.45, 2.75) is 38.1 Å². The van der Waals surface area contributed by atoms with Gasteiger partial charge in [-0.3, -0.25) is 4.90 Å². The van der Waals surface area contributed by atoms with Crippen LogP contribution in [-0.2, 0) is 26.1 Å². The van der Waals surface area contributed by atoms with E-state index in [1.54, 1.807) is 11.8 Å². The average molecular weight is 339 g/mol. The molecule has 0 atom stereocenters. The van der Waals surface area contributed by atoms with Crippen LogP contribution in [0.2, 0.25) is 0 Å². The Bertz CT molecular complexity index is 873. The summed E-state index contributed by atoms with van der Waals surface area (Å²) in [4.78, 5) is 16.4. The van der Waals surface area contributed by atoms with Crippen LogP contribution in [0.25, 0.3) is 11.0 Å². The highest BCUT2D eigenvalue weighted by molar-refractivity contribution is 7.98. The van der Waals surface area contributed by atoms with Crippen molar-refractivity contribution in [2.75, 3.05) is 12.8 Å². The van der Waals surface area contributed by atoms with Gasteiger partial charge in [-0.2, -0.15) is 0 Å². The summed E-state index contributed by atoms with van der Waals surface area (Å²) in [6, 6.07) is 8.38. The Morgan fingerprint density at radius 3 is 2.92 bits per heavy atom. The topological polar surface area (TPSA) is 46.8 Å². The molecule has 4 rings (SSSR count). The fourth-order valence-electron chi connectivity index (χ4n) is 3.39. The van der Waals surface area contributed by atoms with Gasteiger partial charge < -0.3 is 4.57 Å². The highest BCUT2D eigenvalue weighted by atomic mass is 32.2. The Kier molecular flexibility index (Phi) is 4.24. The van der Waals surface area contributed by atoms with E-state index in [4.69, 9.17) is 4.98 Å². The van der Waals surface area contributed by atoms with E-state index in [1.165, 1.54) is 16.8 Å². The first-order valence-corrected chi connectivity index (χ1v) is 9.56. The molecule has 2 aromatic heterocycles. The second-order valence-electron chi connectivity index (χ2n) is 6.05. The number of para-hydroxylation sites is 2. The molecule has 1 aliphatic rings. The Balaban J connectivity index is 1.58. The number of nitrogens with zero attached hydrogens (tertiary/aromatic N) is 5. The maximum atomic E-state index is 4.85. The minimum atomic E-state index is 0.867. The van der Waals surface area contributed by atoms with Crippen LogP contribution in [0, 0.1) is 0 Å². The lowest BCUT2D eigenvalue weighted by molar-refractivity contribution is 0.233. The summed E-state index contributed by atoms with van der Waals surface area (Å²) in [6.45, 7) is 5.91. The molecule has 0 saturated carbocycles. The van der Waals surface area contributed by atoms with E-state index in [1.807, 2.05) is 12.5 Å². The Morgan fingerprint density at radius 2 is 2.08 bits per heavy atom. The Morgan fingerprint density at radius 1 is 1.21 bits per heavy atom. The number of thioether (sulfide) groups is 1. The minimum Gasteiger partial charge on any atom is -0.327 e. The van der Waals surface area contributed by atoms with Crippen LogP contribution >= 0.6 is 11.8 Å². The highest BCUT2D eigenvalue weighted by Crippen LogP contribution is 2.22. The molecular formula is C18H21N5S. The van der Waals surface area contributed by atoms with E-state index in [-0.39, 0.29) is 0 Å². The van der Waals surface area contributed by atoms with E-state index in [0.29, 0.717) is 0 Å². The van der Waals surface area contributed by atoms with E-state index >= 15 is 0 Å². The van der Waals surface area contributed by atoms with Crippen LogP contribution in [-0.4, -0.2) is 37.2 Å². The van der Waals surface area contributed by atoms with Gasteiger partial charge in [-0.1, -0.05) is 23.9 Å². The van der Waals surface area contributed by atoms with Gasteiger partial charge in [-0.25, -0.2) is 15.0 Å². The number of benzene rings is 1. The maximum Gasteiger partial charge on any atom is 0.187 e. The first kappa shape index (κ1) is 15.6. The molecule has 0 spiro atoms. The Labute approximate surface area is 146 Å². The summed E-state index contributed by atoms with van der Waals surface area (Å²) in [5.41, 5.74) is 4.76. The molecule has 1 aromatic carbocycles. The van der Waals surface area contributed by atoms with E-state index in [0.717, 1.165) is 49.1 Å². The molecule has 5 nitrogen and oxygen atoms in total. The number of aromatic nitrogens is 4. The van der Waals surface area contributed by atoms with Crippen molar-refractivity contribution < 1.29 is 0 Å². The number of rotatable bonds is 4. The molecule has 0 N–H and O–H groups in total. The zero-order valence-electron chi connectivity index (χ0n) is 14.1. The lowest BCUT2D eigenvalue weighted by atomic mass is 10.1. The number of imidazole rings is 1. The van der Waals surface area contributed by atoms with Gasteiger partial charge in [0.15, 0.2) is 5.16 Å². The van der Waals surface area contributed by atoms with E-state index < -0.39 is 0 Å². The van der Waals surface area contributed by atoms with Crippen molar-refractivity contribution in [1.82, 2.24) is 24.4 Å². The van der Waals surface area contributed by atoms with E-state index in [2.05, 4.69) is 50.6 Å². The van der Waals surface area contributed by atoms with Crippen molar-refractivity contribution in [3.05, 3.63) is 47.5 Å². The molecule has 6 heteroatoms. The zero-order valence-corrected chi connectivity index (χ0v) is 14.9. The average Bonchev–Trinajstić information content (AvgIpc) is 2.98. The lowest BCUT2D eigenvalue weighted by Crippen LogP contribution is -2.32. The van der Waals surface area contributed by atoms with Crippen molar-refractivity contribution in [3.8, 4) is 0 Å². The van der Waals surface area contributed by atoms with Gasteiger partial charge in [0.1, 0.15) is 5.82 Å². The third-order valence-electron chi connectivity index (χ3n) is 4.59. The smallest absolute Gasteiger partial charge is 0.187 e. The summed E-state index contributed by atoms with van der Waals surface area (Å²) >= 11 is 1.60. The molecule has 0 amide bonds. The monoisotopic (exact) mass is 339 g/mol. The van der Waals surface area contributed by atoms with Gasteiger partial charge >= 0.3 is 0 Å². The number of aryl methyl sites for hydroxylation is 1. The number of hydrogen-bond acceptors (Lipinski definition) is 5. The third-order valence-corrected chi connectivity index (χ3v) is 5.15. The Hall–Kier alpha value is -1.92. The van der Waals surface area contributed by atoms with Crippen LogP contribution in [0.3, 0.4) is 0 Å². The zero-order chi connectivity index (χ0) is 16.5. The predicted octanol–water partition coefficient (Wildman–Crippen LogP) is 3.13. The highest BCUT2D eigenvalue weighted by Gasteiger charge is 2.20. The summed E-state index contributed by atoms with van der Waals surface area (Å²) in [6.07, 6.45) is 4.99. The summed E-state index contributed by atoms with van der Waals surface area (Å²) < 4.78 is 2.32. The molecule has 0 fully saturated rings. The molecule has 24 heavy (non-hydrogen) atoms. The summed E-state index contributed by atoms with van der Waals surface area (Å²) in [5, 5.41) is 0.870. The largest absolute Gasteiger partial charge is 0.327 e. The van der Waals surface area contributed by atoms with Crippen LogP contribution in [0.1, 0.15) is 24.0 Å². The first-order chi connectivity index (χ1) is 11.8. The van der Waals surface area contributed by atoms with Gasteiger partial charge in [-0.15, -0.1) is 0 Å². The van der Waals surface area contributed by atoms with Crippen LogP contribution in [0.15, 0.2) is 35.6 Å². The minimum absolute atomic E-state index is 0.867. The first-order valence-electron chi connectivity index (χ1n) is 8.33.